The average molecular weight is 279 g/mol. The van der Waals surface area contributed by atoms with Gasteiger partial charge in [0.15, 0.2) is 0 Å². The quantitative estimate of drug-likeness (QED) is 0.500. The highest BCUT2D eigenvalue weighted by Crippen LogP contribution is 2.17. The maximum atomic E-state index is 12.1. The summed E-state index contributed by atoms with van der Waals surface area (Å²) in [4.78, 5) is 14.2. The van der Waals surface area contributed by atoms with E-state index in [-0.39, 0.29) is 18.6 Å². The maximum absolute atomic E-state index is 12.1. The molecule has 1 unspecified atom stereocenters. The van der Waals surface area contributed by atoms with E-state index in [2.05, 4.69) is 5.32 Å². The summed E-state index contributed by atoms with van der Waals surface area (Å²) >= 11 is 0. The summed E-state index contributed by atoms with van der Waals surface area (Å²) in [5.41, 5.74) is 7.03. The lowest BCUT2D eigenvalue weighted by molar-refractivity contribution is -0.120. The highest BCUT2D eigenvalue weighted by molar-refractivity contribution is 5.96. The Bertz CT molecular complexity index is 423. The average Bonchev–Trinajstić information content (AvgIpc) is 2.45. The molecular formula is C15H25N3O2. The van der Waals surface area contributed by atoms with E-state index in [0.29, 0.717) is 11.4 Å². The molecule has 0 saturated carbocycles. The first-order chi connectivity index (χ1) is 9.56. The zero-order valence-electron chi connectivity index (χ0n) is 12.3. The fourth-order valence-corrected chi connectivity index (χ4v) is 1.89. The van der Waals surface area contributed by atoms with Gasteiger partial charge in [-0.1, -0.05) is 12.1 Å². The van der Waals surface area contributed by atoms with Crippen molar-refractivity contribution in [3.8, 4) is 0 Å². The van der Waals surface area contributed by atoms with Crippen molar-refractivity contribution in [2.24, 2.45) is 0 Å². The summed E-state index contributed by atoms with van der Waals surface area (Å²) in [5, 5.41) is 11.6. The number of benzene rings is 1. The van der Waals surface area contributed by atoms with Crippen LogP contribution in [0.2, 0.25) is 0 Å². The van der Waals surface area contributed by atoms with Gasteiger partial charge in [0.2, 0.25) is 5.91 Å². The van der Waals surface area contributed by atoms with Crippen LogP contribution in [-0.2, 0) is 4.79 Å². The minimum atomic E-state index is -0.219. The van der Waals surface area contributed by atoms with Crippen LogP contribution in [0.4, 0.5) is 11.4 Å². The summed E-state index contributed by atoms with van der Waals surface area (Å²) < 4.78 is 0. The summed E-state index contributed by atoms with van der Waals surface area (Å²) in [6.45, 7) is 2.94. The van der Waals surface area contributed by atoms with Crippen molar-refractivity contribution in [3.63, 3.8) is 0 Å². The molecule has 0 aliphatic carbocycles. The van der Waals surface area contributed by atoms with Crippen LogP contribution >= 0.6 is 0 Å². The van der Waals surface area contributed by atoms with Crippen LogP contribution in [0.3, 0.4) is 0 Å². The third-order valence-corrected chi connectivity index (χ3v) is 3.43. The van der Waals surface area contributed by atoms with E-state index in [1.807, 2.05) is 31.0 Å². The van der Waals surface area contributed by atoms with Gasteiger partial charge >= 0.3 is 0 Å². The number of hydrogen-bond donors (Lipinski definition) is 3. The molecule has 0 spiro atoms. The molecule has 0 fully saturated rings. The Morgan fingerprint density at radius 1 is 1.35 bits per heavy atom. The van der Waals surface area contributed by atoms with Gasteiger partial charge in [-0.25, -0.2) is 0 Å². The van der Waals surface area contributed by atoms with Gasteiger partial charge in [-0.15, -0.1) is 0 Å². The van der Waals surface area contributed by atoms with Crippen molar-refractivity contribution in [1.82, 2.24) is 4.90 Å². The first kappa shape index (κ1) is 16.5. The fraction of sp³-hybridized carbons (Fsp3) is 0.533. The number of nitrogens with two attached hydrogens (primary N) is 1. The molecule has 0 bridgehead atoms. The Balaban J connectivity index is 2.44. The predicted molar refractivity (Wildman–Crippen MR) is 82.5 cm³/mol. The van der Waals surface area contributed by atoms with E-state index in [4.69, 9.17) is 10.8 Å². The van der Waals surface area contributed by atoms with Gasteiger partial charge in [0, 0.05) is 6.61 Å². The van der Waals surface area contributed by atoms with E-state index >= 15 is 0 Å². The molecule has 20 heavy (non-hydrogen) atoms. The van der Waals surface area contributed by atoms with Crippen LogP contribution in [0, 0.1) is 0 Å². The number of carbonyl (C=O) groups is 1. The third kappa shape index (κ3) is 5.19. The first-order valence-corrected chi connectivity index (χ1v) is 7.02. The summed E-state index contributed by atoms with van der Waals surface area (Å²) in [6, 6.07) is 7.01. The first-order valence-electron chi connectivity index (χ1n) is 7.02. The third-order valence-electron chi connectivity index (χ3n) is 3.43. The Morgan fingerprint density at radius 3 is 2.70 bits per heavy atom. The van der Waals surface area contributed by atoms with Gasteiger partial charge in [0.1, 0.15) is 0 Å². The van der Waals surface area contributed by atoms with E-state index in [0.717, 1.165) is 25.8 Å². The lowest BCUT2D eigenvalue weighted by Crippen LogP contribution is -2.40. The Morgan fingerprint density at radius 2 is 2.05 bits per heavy atom. The second-order valence-electron chi connectivity index (χ2n) is 5.02. The molecule has 1 amide bonds. The number of nitrogens with one attached hydrogen (secondary N) is 1. The van der Waals surface area contributed by atoms with Crippen LogP contribution < -0.4 is 11.1 Å². The zero-order chi connectivity index (χ0) is 15.0. The van der Waals surface area contributed by atoms with Crippen LogP contribution in [0.1, 0.15) is 26.2 Å². The summed E-state index contributed by atoms with van der Waals surface area (Å²) in [6.07, 6.45) is 2.76. The number of anilines is 2. The molecular weight excluding hydrogens is 254 g/mol. The van der Waals surface area contributed by atoms with Gasteiger partial charge < -0.3 is 16.2 Å². The molecule has 0 radical (unpaired) electrons. The van der Waals surface area contributed by atoms with Crippen LogP contribution in [-0.4, -0.2) is 42.2 Å². The Kier molecular flexibility index (Phi) is 7.04. The lowest BCUT2D eigenvalue weighted by Gasteiger charge is -2.24. The molecule has 5 nitrogen and oxygen atoms in total. The van der Waals surface area contributed by atoms with Crippen molar-refractivity contribution in [3.05, 3.63) is 24.3 Å². The van der Waals surface area contributed by atoms with Gasteiger partial charge in [-0.05, 0) is 51.9 Å². The predicted octanol–water partition coefficient (Wildman–Crippen LogP) is 1.69. The molecule has 0 aromatic heterocycles. The zero-order valence-corrected chi connectivity index (χ0v) is 12.3. The van der Waals surface area contributed by atoms with Crippen LogP contribution in [0.15, 0.2) is 24.3 Å². The highest BCUT2D eigenvalue weighted by atomic mass is 16.2. The van der Waals surface area contributed by atoms with Crippen LogP contribution in [0.5, 0.6) is 0 Å². The topological polar surface area (TPSA) is 78.6 Å². The van der Waals surface area contributed by atoms with Gasteiger partial charge in [-0.2, -0.15) is 0 Å². The number of rotatable bonds is 8. The number of carbonyl (C=O) groups excluding carboxylic acids is 1. The molecule has 1 aromatic rings. The second kappa shape index (κ2) is 8.55. The summed E-state index contributed by atoms with van der Waals surface area (Å²) in [7, 11) is 1.93. The number of aliphatic hydroxyl groups is 1. The molecule has 5 heteroatoms. The fourth-order valence-electron chi connectivity index (χ4n) is 1.89. The van der Waals surface area contributed by atoms with Gasteiger partial charge in [0.25, 0.3) is 0 Å². The normalized spacial score (nSPS) is 12.4. The van der Waals surface area contributed by atoms with Crippen molar-refractivity contribution in [2.45, 2.75) is 32.2 Å². The molecule has 1 rings (SSSR count). The molecule has 0 heterocycles. The molecule has 1 atom stereocenters. The van der Waals surface area contributed by atoms with E-state index < -0.39 is 0 Å². The lowest BCUT2D eigenvalue weighted by atomic mass is 10.2. The number of likely N-dealkylation sites (N-methyl/N-ethyl adjacent to an activating group) is 1. The van der Waals surface area contributed by atoms with Crippen molar-refractivity contribution >= 4 is 17.3 Å². The number of para-hydroxylation sites is 2. The Labute approximate surface area is 120 Å². The molecule has 112 valence electrons. The maximum Gasteiger partial charge on any atom is 0.241 e. The Hall–Kier alpha value is -1.59. The standard InChI is InChI=1S/C15H25N3O2/c1-12(18(2)10-6-3-7-11-19)15(20)17-14-9-5-4-8-13(14)16/h4-5,8-9,12,19H,3,6-7,10-11,16H2,1-2H3,(H,17,20). The minimum absolute atomic E-state index is 0.0624. The molecule has 0 saturated heterocycles. The van der Waals surface area contributed by atoms with Crippen molar-refractivity contribution < 1.29 is 9.90 Å². The van der Waals surface area contributed by atoms with E-state index in [1.165, 1.54) is 0 Å². The SMILES string of the molecule is CC(C(=O)Nc1ccccc1N)N(C)CCCCCO. The van der Waals surface area contributed by atoms with Crippen molar-refractivity contribution in [1.29, 1.82) is 0 Å². The number of aliphatic hydroxyl groups excluding tert-OH is 1. The molecule has 1 aromatic carbocycles. The number of nitrogen functional groups attached to an aromatic ring is 1. The van der Waals surface area contributed by atoms with E-state index in [1.54, 1.807) is 12.1 Å². The number of amides is 1. The smallest absolute Gasteiger partial charge is 0.241 e. The van der Waals surface area contributed by atoms with Gasteiger partial charge in [0.05, 0.1) is 17.4 Å². The largest absolute Gasteiger partial charge is 0.397 e. The second-order valence-corrected chi connectivity index (χ2v) is 5.02. The molecule has 0 aliphatic heterocycles. The number of nitrogens with zero attached hydrogens (tertiary/aromatic N) is 1. The van der Waals surface area contributed by atoms with Crippen molar-refractivity contribution in [2.75, 3.05) is 31.2 Å². The number of hydrogen-bond acceptors (Lipinski definition) is 4. The monoisotopic (exact) mass is 279 g/mol. The molecule has 0 aliphatic rings. The highest BCUT2D eigenvalue weighted by Gasteiger charge is 2.18. The minimum Gasteiger partial charge on any atom is -0.397 e. The summed E-state index contributed by atoms with van der Waals surface area (Å²) in [5.74, 6) is -0.0624. The molecule has 4 N–H and O–H groups in total. The van der Waals surface area contributed by atoms with Crippen LogP contribution in [0.25, 0.3) is 0 Å². The van der Waals surface area contributed by atoms with E-state index in [9.17, 15) is 4.79 Å². The number of unbranched alkanes of at least 4 members (excludes halogenated alkanes) is 2. The van der Waals surface area contributed by atoms with Gasteiger partial charge in [-0.3, -0.25) is 9.69 Å².